The monoisotopic (exact) mass is 421 g/mol. The van der Waals surface area contributed by atoms with Crippen molar-refractivity contribution >= 4 is 22.7 Å². The predicted molar refractivity (Wildman–Crippen MR) is 117 cm³/mol. The standard InChI is InChI=1S/C24H23NO4S/c26-23(22(18-10-4-1-5-11-18)19-12-6-2-7-13-19)25-21(24(27)28)16-17-30(29)20-14-8-3-9-15-20/h1-15,21-22H,16-17H2,(H,25,26)(H,27,28)/t21-,30-/m0/s1. The summed E-state index contributed by atoms with van der Waals surface area (Å²) < 4.78 is 12.4. The second kappa shape index (κ2) is 10.5. The Morgan fingerprint density at radius 3 is 1.73 bits per heavy atom. The van der Waals surface area contributed by atoms with Gasteiger partial charge < -0.3 is 10.4 Å². The summed E-state index contributed by atoms with van der Waals surface area (Å²) in [5, 5.41) is 12.3. The third-order valence-electron chi connectivity index (χ3n) is 4.74. The van der Waals surface area contributed by atoms with Crippen LogP contribution in [0.2, 0.25) is 0 Å². The molecule has 0 saturated carbocycles. The first kappa shape index (κ1) is 21.5. The molecule has 0 heterocycles. The van der Waals surface area contributed by atoms with Crippen molar-refractivity contribution in [3.8, 4) is 0 Å². The molecule has 0 fully saturated rings. The maximum atomic E-state index is 13.1. The van der Waals surface area contributed by atoms with Gasteiger partial charge in [0, 0.05) is 10.6 Å². The molecule has 0 saturated heterocycles. The Morgan fingerprint density at radius 2 is 1.27 bits per heavy atom. The second-order valence-corrected chi connectivity index (χ2v) is 8.38. The largest absolute Gasteiger partial charge is 0.480 e. The first-order valence-electron chi connectivity index (χ1n) is 9.62. The first-order chi connectivity index (χ1) is 14.6. The van der Waals surface area contributed by atoms with Crippen molar-refractivity contribution in [2.45, 2.75) is 23.3 Å². The molecule has 3 aromatic rings. The Morgan fingerprint density at radius 1 is 0.800 bits per heavy atom. The van der Waals surface area contributed by atoms with Crippen LogP contribution in [0.1, 0.15) is 23.5 Å². The molecule has 3 aromatic carbocycles. The van der Waals surface area contributed by atoms with Crippen LogP contribution < -0.4 is 5.32 Å². The molecule has 5 nitrogen and oxygen atoms in total. The van der Waals surface area contributed by atoms with Crippen molar-refractivity contribution < 1.29 is 18.9 Å². The number of carbonyl (C=O) groups is 2. The van der Waals surface area contributed by atoms with Gasteiger partial charge in [-0.15, -0.1) is 0 Å². The Labute approximate surface area is 178 Å². The number of rotatable bonds is 9. The zero-order chi connectivity index (χ0) is 21.3. The molecule has 0 unspecified atom stereocenters. The van der Waals surface area contributed by atoms with Crippen LogP contribution >= 0.6 is 0 Å². The molecular formula is C24H23NO4S. The highest BCUT2D eigenvalue weighted by atomic mass is 32.2. The minimum absolute atomic E-state index is 0.0683. The van der Waals surface area contributed by atoms with E-state index in [4.69, 9.17) is 0 Å². The highest BCUT2D eigenvalue weighted by molar-refractivity contribution is 7.85. The van der Waals surface area contributed by atoms with Gasteiger partial charge in [-0.25, -0.2) is 4.79 Å². The fourth-order valence-electron chi connectivity index (χ4n) is 3.21. The number of nitrogens with one attached hydrogen (secondary N) is 1. The lowest BCUT2D eigenvalue weighted by Crippen LogP contribution is -2.44. The molecule has 0 spiro atoms. The van der Waals surface area contributed by atoms with E-state index in [2.05, 4.69) is 5.32 Å². The lowest BCUT2D eigenvalue weighted by molar-refractivity contribution is -0.141. The molecule has 1 amide bonds. The van der Waals surface area contributed by atoms with E-state index in [1.54, 1.807) is 24.3 Å². The Hall–Kier alpha value is -3.25. The average Bonchev–Trinajstić information content (AvgIpc) is 2.78. The van der Waals surface area contributed by atoms with E-state index in [9.17, 15) is 18.9 Å². The van der Waals surface area contributed by atoms with Crippen LogP contribution in [0.15, 0.2) is 95.9 Å². The summed E-state index contributed by atoms with van der Waals surface area (Å²) >= 11 is 0. The minimum Gasteiger partial charge on any atom is -0.480 e. The quantitative estimate of drug-likeness (QED) is 0.553. The second-order valence-electron chi connectivity index (χ2n) is 6.81. The number of carboxylic acids is 1. The van der Waals surface area contributed by atoms with Crippen molar-refractivity contribution in [3.63, 3.8) is 0 Å². The molecule has 6 heteroatoms. The molecule has 0 aliphatic rings. The van der Waals surface area contributed by atoms with E-state index in [1.807, 2.05) is 66.7 Å². The lowest BCUT2D eigenvalue weighted by atomic mass is 9.90. The Bertz CT molecular complexity index is 954. The molecule has 30 heavy (non-hydrogen) atoms. The lowest BCUT2D eigenvalue weighted by Gasteiger charge is -2.21. The van der Waals surface area contributed by atoms with Gasteiger partial charge in [-0.2, -0.15) is 0 Å². The van der Waals surface area contributed by atoms with Gasteiger partial charge in [0.05, 0.1) is 16.7 Å². The Kier molecular flexibility index (Phi) is 7.51. The van der Waals surface area contributed by atoms with Crippen molar-refractivity contribution in [2.75, 3.05) is 5.75 Å². The van der Waals surface area contributed by atoms with Gasteiger partial charge in [0.1, 0.15) is 6.04 Å². The Balaban J connectivity index is 1.75. The van der Waals surface area contributed by atoms with Crippen LogP contribution in [0.25, 0.3) is 0 Å². The van der Waals surface area contributed by atoms with E-state index < -0.39 is 34.6 Å². The van der Waals surface area contributed by atoms with E-state index >= 15 is 0 Å². The van der Waals surface area contributed by atoms with Crippen molar-refractivity contribution in [3.05, 3.63) is 102 Å². The van der Waals surface area contributed by atoms with Gasteiger partial charge in [-0.3, -0.25) is 9.00 Å². The van der Waals surface area contributed by atoms with Crippen molar-refractivity contribution in [1.82, 2.24) is 5.32 Å². The van der Waals surface area contributed by atoms with E-state index in [-0.39, 0.29) is 12.2 Å². The summed E-state index contributed by atoms with van der Waals surface area (Å²) in [5.41, 5.74) is 1.55. The third-order valence-corrected chi connectivity index (χ3v) is 6.15. The minimum atomic E-state index is -1.33. The van der Waals surface area contributed by atoms with E-state index in [0.717, 1.165) is 11.1 Å². The number of carbonyl (C=O) groups excluding carboxylic acids is 1. The number of hydrogen-bond acceptors (Lipinski definition) is 3. The van der Waals surface area contributed by atoms with Crippen LogP contribution in [-0.2, 0) is 20.4 Å². The SMILES string of the molecule is O=C(N[C@@H](CC[S@](=O)c1ccccc1)C(=O)O)C(c1ccccc1)c1ccccc1. The van der Waals surface area contributed by atoms with Gasteiger partial charge >= 0.3 is 5.97 Å². The van der Waals surface area contributed by atoms with Crippen LogP contribution in [0.5, 0.6) is 0 Å². The van der Waals surface area contributed by atoms with Crippen molar-refractivity contribution in [2.24, 2.45) is 0 Å². The van der Waals surface area contributed by atoms with Crippen LogP contribution in [0.3, 0.4) is 0 Å². The molecule has 0 aromatic heterocycles. The highest BCUT2D eigenvalue weighted by Gasteiger charge is 2.28. The topological polar surface area (TPSA) is 83.5 Å². The molecular weight excluding hydrogens is 398 g/mol. The zero-order valence-electron chi connectivity index (χ0n) is 16.3. The number of aliphatic carboxylic acids is 1. The van der Waals surface area contributed by atoms with E-state index in [0.29, 0.717) is 4.90 Å². The predicted octanol–water partition coefficient (Wildman–Crippen LogP) is 3.59. The van der Waals surface area contributed by atoms with Gasteiger partial charge in [0.2, 0.25) is 5.91 Å². The molecule has 0 bridgehead atoms. The van der Waals surface area contributed by atoms with Crippen LogP contribution in [0, 0.1) is 0 Å². The zero-order valence-corrected chi connectivity index (χ0v) is 17.1. The first-order valence-corrected chi connectivity index (χ1v) is 10.9. The number of carboxylic acid groups (broad SMARTS) is 1. The molecule has 0 aliphatic carbocycles. The molecule has 2 N–H and O–H groups in total. The number of hydrogen-bond donors (Lipinski definition) is 2. The van der Waals surface area contributed by atoms with Crippen molar-refractivity contribution in [1.29, 1.82) is 0 Å². The van der Waals surface area contributed by atoms with E-state index in [1.165, 1.54) is 0 Å². The molecule has 2 atom stereocenters. The molecule has 154 valence electrons. The summed E-state index contributed by atoms with van der Waals surface area (Å²) in [6.45, 7) is 0. The average molecular weight is 422 g/mol. The molecule has 0 aliphatic heterocycles. The van der Waals surface area contributed by atoms with Crippen LogP contribution in [-0.4, -0.2) is 33.0 Å². The molecule has 3 rings (SSSR count). The highest BCUT2D eigenvalue weighted by Crippen LogP contribution is 2.25. The van der Waals surface area contributed by atoms with Gasteiger partial charge in [-0.1, -0.05) is 78.9 Å². The fraction of sp³-hybridized carbons (Fsp3) is 0.167. The number of benzene rings is 3. The van der Waals surface area contributed by atoms with Gasteiger partial charge in [-0.05, 0) is 29.7 Å². The fourth-order valence-corrected chi connectivity index (χ4v) is 4.36. The van der Waals surface area contributed by atoms with Gasteiger partial charge in [0.25, 0.3) is 0 Å². The normalized spacial score (nSPS) is 12.8. The summed E-state index contributed by atoms with van der Waals surface area (Å²) in [6, 6.07) is 26.2. The molecule has 0 radical (unpaired) electrons. The third kappa shape index (κ3) is 5.64. The summed E-state index contributed by atoms with van der Waals surface area (Å²) in [4.78, 5) is 25.5. The maximum absolute atomic E-state index is 13.1. The van der Waals surface area contributed by atoms with Crippen LogP contribution in [0.4, 0.5) is 0 Å². The van der Waals surface area contributed by atoms with Gasteiger partial charge in [0.15, 0.2) is 0 Å². The summed E-state index contributed by atoms with van der Waals surface area (Å²) in [5.74, 6) is -2.03. The summed E-state index contributed by atoms with van der Waals surface area (Å²) in [7, 11) is -1.33. The summed E-state index contributed by atoms with van der Waals surface area (Å²) in [6.07, 6.45) is 0.0683. The smallest absolute Gasteiger partial charge is 0.326 e. The number of amides is 1. The maximum Gasteiger partial charge on any atom is 0.326 e.